The summed E-state index contributed by atoms with van der Waals surface area (Å²) in [5.41, 5.74) is 5.35. The Morgan fingerprint density at radius 1 is 1.16 bits per heavy atom. The molecule has 166 valence electrons. The van der Waals surface area contributed by atoms with E-state index in [-0.39, 0.29) is 5.69 Å². The van der Waals surface area contributed by atoms with Gasteiger partial charge in [0, 0.05) is 57.9 Å². The van der Waals surface area contributed by atoms with Crippen molar-refractivity contribution in [2.45, 2.75) is 13.5 Å². The number of benzene rings is 1. The number of aromatic amines is 1. The lowest BCUT2D eigenvalue weighted by Crippen LogP contribution is -2.46. The van der Waals surface area contributed by atoms with Crippen molar-refractivity contribution < 1.29 is 0 Å². The van der Waals surface area contributed by atoms with Crippen molar-refractivity contribution in [1.82, 2.24) is 23.8 Å². The molecule has 1 fully saturated rings. The van der Waals surface area contributed by atoms with Crippen LogP contribution in [0.15, 0.2) is 41.3 Å². The van der Waals surface area contributed by atoms with Crippen LogP contribution in [-0.4, -0.2) is 57.1 Å². The van der Waals surface area contributed by atoms with Gasteiger partial charge in [-0.2, -0.15) is 0 Å². The van der Waals surface area contributed by atoms with Gasteiger partial charge in [-0.1, -0.05) is 18.3 Å². The lowest BCUT2D eigenvalue weighted by molar-refractivity contribution is 0.250. The minimum Gasteiger partial charge on any atom is -0.368 e. The number of H-pyrrole nitrogens is 1. The molecule has 1 saturated heterocycles. The molecule has 3 aromatic heterocycles. The molecule has 0 atom stereocenters. The highest BCUT2D eigenvalue weighted by Gasteiger charge is 2.20. The first kappa shape index (κ1) is 20.7. The maximum absolute atomic E-state index is 12.1. The standard InChI is InChI=1S/C23H27N7OS/c1-15-20(7-5-17-13-25-22(24-2)30(15)17)29-10-8-28(9-11-29)14-16-4-6-18-19(12-16)26-23(31)27(3)21(18)32/h4-7,12-13H,8-11,14H2,1-3H3,(H,24,25)(H,26,31). The summed E-state index contributed by atoms with van der Waals surface area (Å²) in [6.45, 7) is 6.89. The van der Waals surface area contributed by atoms with Gasteiger partial charge in [-0.25, -0.2) is 9.78 Å². The molecule has 5 rings (SSSR count). The summed E-state index contributed by atoms with van der Waals surface area (Å²) in [4.78, 5) is 24.4. The van der Waals surface area contributed by atoms with Crippen molar-refractivity contribution in [3.63, 3.8) is 0 Å². The number of aromatic nitrogens is 4. The second-order valence-electron chi connectivity index (χ2n) is 8.33. The zero-order valence-electron chi connectivity index (χ0n) is 18.6. The number of hydrogen-bond acceptors (Lipinski definition) is 6. The first-order valence-corrected chi connectivity index (χ1v) is 11.2. The van der Waals surface area contributed by atoms with Crippen LogP contribution in [0.1, 0.15) is 11.3 Å². The molecule has 1 aromatic carbocycles. The van der Waals surface area contributed by atoms with Crippen LogP contribution < -0.4 is 15.9 Å². The molecule has 0 unspecified atom stereocenters. The molecular weight excluding hydrogens is 422 g/mol. The Labute approximate surface area is 191 Å². The maximum atomic E-state index is 12.1. The van der Waals surface area contributed by atoms with Crippen molar-refractivity contribution >= 4 is 40.3 Å². The van der Waals surface area contributed by atoms with Gasteiger partial charge >= 0.3 is 5.69 Å². The van der Waals surface area contributed by atoms with Gasteiger partial charge in [0.25, 0.3) is 0 Å². The van der Waals surface area contributed by atoms with Crippen LogP contribution in [0.5, 0.6) is 0 Å². The van der Waals surface area contributed by atoms with Crippen molar-refractivity contribution in [2.24, 2.45) is 7.05 Å². The third-order valence-corrected chi connectivity index (χ3v) is 6.91. The lowest BCUT2D eigenvalue weighted by atomic mass is 10.1. The monoisotopic (exact) mass is 449 g/mol. The van der Waals surface area contributed by atoms with E-state index in [0.717, 1.165) is 55.1 Å². The number of nitrogens with zero attached hydrogens (tertiary/aromatic N) is 5. The number of pyridine rings is 1. The molecular formula is C23H27N7OS. The van der Waals surface area contributed by atoms with Crippen molar-refractivity contribution in [3.8, 4) is 0 Å². The summed E-state index contributed by atoms with van der Waals surface area (Å²) in [7, 11) is 3.59. The number of imidazole rings is 1. The molecule has 0 spiro atoms. The molecule has 0 amide bonds. The second kappa shape index (κ2) is 8.07. The number of rotatable bonds is 4. The number of anilines is 2. The quantitative estimate of drug-likeness (QED) is 0.467. The van der Waals surface area contributed by atoms with Crippen molar-refractivity contribution in [3.05, 3.63) is 62.9 Å². The normalized spacial score (nSPS) is 15.0. The predicted molar refractivity (Wildman–Crippen MR) is 131 cm³/mol. The summed E-state index contributed by atoms with van der Waals surface area (Å²) in [6.07, 6.45) is 1.90. The van der Waals surface area contributed by atoms with Gasteiger partial charge in [-0.3, -0.25) is 13.9 Å². The summed E-state index contributed by atoms with van der Waals surface area (Å²) in [5, 5.41) is 4.08. The Hall–Kier alpha value is -3.17. The zero-order chi connectivity index (χ0) is 22.4. The number of fused-ring (bicyclic) bond motifs is 2. The SMILES string of the molecule is CNc1ncc2ccc(N3CCN(Cc4ccc5c(=S)n(C)c(=O)[nH]c5c4)CC3)c(C)n12. The summed E-state index contributed by atoms with van der Waals surface area (Å²) < 4.78 is 4.21. The summed E-state index contributed by atoms with van der Waals surface area (Å²) >= 11 is 5.41. The molecule has 4 aromatic rings. The molecule has 1 aliphatic rings. The average Bonchev–Trinajstić information content (AvgIpc) is 3.23. The van der Waals surface area contributed by atoms with Gasteiger partial charge in [0.2, 0.25) is 5.95 Å². The van der Waals surface area contributed by atoms with Gasteiger partial charge in [-0.15, -0.1) is 0 Å². The highest BCUT2D eigenvalue weighted by atomic mass is 32.1. The van der Waals surface area contributed by atoms with Crippen LogP contribution >= 0.6 is 12.2 Å². The highest BCUT2D eigenvalue weighted by Crippen LogP contribution is 2.26. The van der Waals surface area contributed by atoms with Gasteiger partial charge in [-0.05, 0) is 36.8 Å². The third-order valence-electron chi connectivity index (χ3n) is 6.42. The molecule has 8 nitrogen and oxygen atoms in total. The fraction of sp³-hybridized carbons (Fsp3) is 0.348. The lowest BCUT2D eigenvalue weighted by Gasteiger charge is -2.37. The molecule has 0 radical (unpaired) electrons. The Bertz CT molecular complexity index is 1430. The fourth-order valence-corrected chi connectivity index (χ4v) is 4.86. The molecule has 2 N–H and O–H groups in total. The van der Waals surface area contributed by atoms with Crippen LogP contribution in [0.3, 0.4) is 0 Å². The summed E-state index contributed by atoms with van der Waals surface area (Å²) in [5.74, 6) is 0.864. The predicted octanol–water partition coefficient (Wildman–Crippen LogP) is 2.92. The number of aryl methyl sites for hydroxylation is 1. The zero-order valence-corrected chi connectivity index (χ0v) is 19.4. The van der Waals surface area contributed by atoms with E-state index in [0.29, 0.717) is 4.64 Å². The van der Waals surface area contributed by atoms with E-state index in [1.54, 1.807) is 7.05 Å². The minimum atomic E-state index is -0.181. The Balaban J connectivity index is 1.32. The maximum Gasteiger partial charge on any atom is 0.326 e. The number of nitrogens with one attached hydrogen (secondary N) is 2. The Morgan fingerprint density at radius 2 is 1.94 bits per heavy atom. The van der Waals surface area contributed by atoms with Crippen LogP contribution in [0.4, 0.5) is 11.6 Å². The van der Waals surface area contributed by atoms with Crippen LogP contribution in [0, 0.1) is 11.6 Å². The Morgan fingerprint density at radius 3 is 2.69 bits per heavy atom. The smallest absolute Gasteiger partial charge is 0.326 e. The van der Waals surface area contributed by atoms with E-state index in [9.17, 15) is 4.79 Å². The fourth-order valence-electron chi connectivity index (χ4n) is 4.60. The van der Waals surface area contributed by atoms with Gasteiger partial charge in [0.05, 0.1) is 22.9 Å². The highest BCUT2D eigenvalue weighted by molar-refractivity contribution is 7.71. The molecule has 0 bridgehead atoms. The second-order valence-corrected chi connectivity index (χ2v) is 8.72. The van der Waals surface area contributed by atoms with Gasteiger partial charge in [0.15, 0.2) is 0 Å². The van der Waals surface area contributed by atoms with E-state index in [1.807, 2.05) is 19.3 Å². The van der Waals surface area contributed by atoms with E-state index >= 15 is 0 Å². The van der Waals surface area contributed by atoms with Crippen molar-refractivity contribution in [2.75, 3.05) is 43.4 Å². The third kappa shape index (κ3) is 3.47. The molecule has 4 heterocycles. The largest absolute Gasteiger partial charge is 0.368 e. The van der Waals surface area contributed by atoms with E-state index < -0.39 is 0 Å². The molecule has 0 aliphatic carbocycles. The number of piperazine rings is 1. The van der Waals surface area contributed by atoms with Crippen molar-refractivity contribution in [1.29, 1.82) is 0 Å². The topological polar surface area (TPSA) is 73.6 Å². The van der Waals surface area contributed by atoms with Crippen LogP contribution in [0.2, 0.25) is 0 Å². The number of hydrogen-bond donors (Lipinski definition) is 2. The van der Waals surface area contributed by atoms with Crippen LogP contribution in [0.25, 0.3) is 16.4 Å². The first-order valence-electron chi connectivity index (χ1n) is 10.8. The molecule has 0 saturated carbocycles. The van der Waals surface area contributed by atoms with Gasteiger partial charge < -0.3 is 15.2 Å². The van der Waals surface area contributed by atoms with Gasteiger partial charge in [0.1, 0.15) is 4.64 Å². The van der Waals surface area contributed by atoms with Crippen LogP contribution in [-0.2, 0) is 13.6 Å². The summed E-state index contributed by atoms with van der Waals surface area (Å²) in [6, 6.07) is 10.5. The minimum absolute atomic E-state index is 0.181. The van der Waals surface area contributed by atoms with E-state index in [1.165, 1.54) is 21.5 Å². The average molecular weight is 450 g/mol. The molecule has 32 heavy (non-hydrogen) atoms. The van der Waals surface area contributed by atoms with E-state index in [2.05, 4.69) is 60.7 Å². The molecule has 1 aliphatic heterocycles. The molecule has 9 heteroatoms. The van der Waals surface area contributed by atoms with E-state index in [4.69, 9.17) is 12.2 Å². The Kier molecular flexibility index (Phi) is 5.22. The first-order chi connectivity index (χ1) is 15.5.